The molecule has 3 heteroatoms. The van der Waals surface area contributed by atoms with Crippen molar-refractivity contribution in [2.24, 2.45) is 5.73 Å². The lowest BCUT2D eigenvalue weighted by molar-refractivity contribution is 0.0999. The van der Waals surface area contributed by atoms with Gasteiger partial charge in [0.15, 0.2) is 5.78 Å². The molecule has 0 aliphatic heterocycles. The van der Waals surface area contributed by atoms with Crippen LogP contribution in [0.25, 0.3) is 6.08 Å². The van der Waals surface area contributed by atoms with Crippen LogP contribution in [0.5, 0.6) is 0 Å². The zero-order valence-corrected chi connectivity index (χ0v) is 10.2. The van der Waals surface area contributed by atoms with Crippen LogP contribution in [0.15, 0.2) is 60.7 Å². The third-order valence-electron chi connectivity index (χ3n) is 2.66. The Bertz CT molecular complexity index is 630. The number of hydrogen-bond donors (Lipinski definition) is 1. The molecule has 2 N–H and O–H groups in total. The van der Waals surface area contributed by atoms with E-state index in [1.54, 1.807) is 42.5 Å². The summed E-state index contributed by atoms with van der Waals surface area (Å²) >= 11 is 0. The third kappa shape index (κ3) is 3.39. The predicted molar refractivity (Wildman–Crippen MR) is 74.8 cm³/mol. The van der Waals surface area contributed by atoms with Crippen LogP contribution >= 0.6 is 0 Å². The quantitative estimate of drug-likeness (QED) is 0.670. The van der Waals surface area contributed by atoms with Gasteiger partial charge in [0.05, 0.1) is 0 Å². The minimum absolute atomic E-state index is 0.0786. The first-order valence-corrected chi connectivity index (χ1v) is 5.84. The first-order valence-electron chi connectivity index (χ1n) is 5.84. The predicted octanol–water partition coefficient (Wildman–Crippen LogP) is 2.68. The first-order chi connectivity index (χ1) is 9.16. The van der Waals surface area contributed by atoms with Crippen molar-refractivity contribution in [2.45, 2.75) is 0 Å². The van der Waals surface area contributed by atoms with E-state index in [2.05, 4.69) is 0 Å². The lowest BCUT2D eigenvalue weighted by Crippen LogP contribution is -2.10. The van der Waals surface area contributed by atoms with E-state index in [4.69, 9.17) is 5.73 Å². The van der Waals surface area contributed by atoms with E-state index < -0.39 is 5.91 Å². The van der Waals surface area contributed by atoms with Gasteiger partial charge in [-0.05, 0) is 23.8 Å². The van der Waals surface area contributed by atoms with Crippen LogP contribution in [0.4, 0.5) is 0 Å². The smallest absolute Gasteiger partial charge is 0.248 e. The highest BCUT2D eigenvalue weighted by atomic mass is 16.1. The molecule has 0 heterocycles. The van der Waals surface area contributed by atoms with Gasteiger partial charge in [0, 0.05) is 11.1 Å². The molecular formula is C16H13NO2. The molecule has 0 unspecified atom stereocenters. The van der Waals surface area contributed by atoms with Gasteiger partial charge in [0.1, 0.15) is 0 Å². The summed E-state index contributed by atoms with van der Waals surface area (Å²) in [4.78, 5) is 22.9. The maximum atomic E-state index is 11.9. The van der Waals surface area contributed by atoms with E-state index in [1.165, 1.54) is 6.08 Å². The van der Waals surface area contributed by atoms with E-state index in [-0.39, 0.29) is 5.78 Å². The topological polar surface area (TPSA) is 60.2 Å². The Morgan fingerprint density at radius 1 is 0.895 bits per heavy atom. The lowest BCUT2D eigenvalue weighted by Gasteiger charge is -1.98. The molecule has 1 amide bonds. The summed E-state index contributed by atoms with van der Waals surface area (Å²) in [5.74, 6) is -0.560. The Balaban J connectivity index is 2.17. The van der Waals surface area contributed by atoms with E-state index in [1.807, 2.05) is 18.2 Å². The lowest BCUT2D eigenvalue weighted by atomic mass is 10.1. The number of allylic oxidation sites excluding steroid dienone is 1. The fourth-order valence-electron chi connectivity index (χ4n) is 1.67. The highest BCUT2D eigenvalue weighted by molar-refractivity contribution is 6.06. The summed E-state index contributed by atoms with van der Waals surface area (Å²) in [6, 6.07) is 15.8. The number of ketones is 1. The number of benzene rings is 2. The molecule has 0 aliphatic rings. The van der Waals surface area contributed by atoms with Crippen molar-refractivity contribution >= 4 is 17.8 Å². The van der Waals surface area contributed by atoms with Gasteiger partial charge in [-0.2, -0.15) is 0 Å². The average Bonchev–Trinajstić information content (AvgIpc) is 2.46. The summed E-state index contributed by atoms with van der Waals surface area (Å²) < 4.78 is 0. The SMILES string of the molecule is NC(=O)c1cccc(/C=C/C(=O)c2ccccc2)c1. The molecule has 0 atom stereocenters. The van der Waals surface area contributed by atoms with Gasteiger partial charge in [-0.1, -0.05) is 48.5 Å². The van der Waals surface area contributed by atoms with E-state index >= 15 is 0 Å². The molecule has 3 nitrogen and oxygen atoms in total. The fourth-order valence-corrected chi connectivity index (χ4v) is 1.67. The molecule has 0 bridgehead atoms. The van der Waals surface area contributed by atoms with Crippen LogP contribution in [0, 0.1) is 0 Å². The maximum Gasteiger partial charge on any atom is 0.248 e. The van der Waals surface area contributed by atoms with Gasteiger partial charge in [-0.25, -0.2) is 0 Å². The Labute approximate surface area is 111 Å². The van der Waals surface area contributed by atoms with E-state index in [0.717, 1.165) is 5.56 Å². The molecular weight excluding hydrogens is 238 g/mol. The highest BCUT2D eigenvalue weighted by Gasteiger charge is 2.01. The van der Waals surface area contributed by atoms with Crippen LogP contribution in [0.3, 0.4) is 0 Å². The second-order valence-electron chi connectivity index (χ2n) is 4.05. The van der Waals surface area contributed by atoms with Gasteiger partial charge in [-0.3, -0.25) is 9.59 Å². The Hall–Kier alpha value is -2.68. The van der Waals surface area contributed by atoms with Crippen LogP contribution in [-0.4, -0.2) is 11.7 Å². The largest absolute Gasteiger partial charge is 0.366 e. The van der Waals surface area contributed by atoms with Gasteiger partial charge in [0.2, 0.25) is 5.91 Å². The number of amides is 1. The molecule has 2 aromatic carbocycles. The molecule has 0 saturated carbocycles. The minimum Gasteiger partial charge on any atom is -0.366 e. The number of nitrogens with two attached hydrogens (primary N) is 1. The van der Waals surface area contributed by atoms with E-state index in [0.29, 0.717) is 11.1 Å². The van der Waals surface area contributed by atoms with Crippen LogP contribution < -0.4 is 5.73 Å². The normalized spacial score (nSPS) is 10.5. The number of carbonyl (C=O) groups excluding carboxylic acids is 2. The second kappa shape index (κ2) is 5.78. The summed E-state index contributed by atoms with van der Waals surface area (Å²) in [7, 11) is 0. The minimum atomic E-state index is -0.482. The molecule has 94 valence electrons. The second-order valence-corrected chi connectivity index (χ2v) is 4.05. The van der Waals surface area contributed by atoms with Crippen molar-refractivity contribution < 1.29 is 9.59 Å². The zero-order chi connectivity index (χ0) is 13.7. The molecule has 2 rings (SSSR count). The molecule has 0 radical (unpaired) electrons. The van der Waals surface area contributed by atoms with E-state index in [9.17, 15) is 9.59 Å². The standard InChI is InChI=1S/C16H13NO2/c17-16(19)14-8-4-5-12(11-14)9-10-15(18)13-6-2-1-3-7-13/h1-11H,(H2,17,19)/b10-9+. The van der Waals surface area contributed by atoms with Crippen molar-refractivity contribution in [2.75, 3.05) is 0 Å². The highest BCUT2D eigenvalue weighted by Crippen LogP contribution is 2.08. The van der Waals surface area contributed by atoms with Gasteiger partial charge in [-0.15, -0.1) is 0 Å². The van der Waals surface area contributed by atoms with Crippen LogP contribution in [-0.2, 0) is 0 Å². The number of primary amides is 1. The molecule has 0 saturated heterocycles. The number of rotatable bonds is 4. The Morgan fingerprint density at radius 2 is 1.58 bits per heavy atom. The molecule has 0 aliphatic carbocycles. The third-order valence-corrected chi connectivity index (χ3v) is 2.66. The molecule has 0 spiro atoms. The Morgan fingerprint density at radius 3 is 2.26 bits per heavy atom. The fraction of sp³-hybridized carbons (Fsp3) is 0. The summed E-state index contributed by atoms with van der Waals surface area (Å²) in [5.41, 5.74) is 7.02. The number of hydrogen-bond acceptors (Lipinski definition) is 2. The van der Waals surface area contributed by atoms with Crippen LogP contribution in [0.1, 0.15) is 26.3 Å². The van der Waals surface area contributed by atoms with Gasteiger partial charge >= 0.3 is 0 Å². The first kappa shape index (κ1) is 12.8. The zero-order valence-electron chi connectivity index (χ0n) is 10.2. The Kier molecular flexibility index (Phi) is 3.88. The molecule has 2 aromatic rings. The summed E-state index contributed by atoms with van der Waals surface area (Å²) in [6.45, 7) is 0. The van der Waals surface area contributed by atoms with Crippen molar-refractivity contribution in [3.63, 3.8) is 0 Å². The van der Waals surface area contributed by atoms with Crippen molar-refractivity contribution in [3.05, 3.63) is 77.4 Å². The van der Waals surface area contributed by atoms with Crippen LogP contribution in [0.2, 0.25) is 0 Å². The average molecular weight is 251 g/mol. The monoisotopic (exact) mass is 251 g/mol. The van der Waals surface area contributed by atoms with Crippen molar-refractivity contribution in [3.8, 4) is 0 Å². The van der Waals surface area contributed by atoms with Gasteiger partial charge < -0.3 is 5.73 Å². The number of carbonyl (C=O) groups is 2. The molecule has 0 aromatic heterocycles. The van der Waals surface area contributed by atoms with Gasteiger partial charge in [0.25, 0.3) is 0 Å². The maximum absolute atomic E-state index is 11.9. The van der Waals surface area contributed by atoms with Crippen molar-refractivity contribution in [1.29, 1.82) is 0 Å². The summed E-state index contributed by atoms with van der Waals surface area (Å²) in [5, 5.41) is 0. The summed E-state index contributed by atoms with van der Waals surface area (Å²) in [6.07, 6.45) is 3.15. The molecule has 0 fully saturated rings. The van der Waals surface area contributed by atoms with Crippen molar-refractivity contribution in [1.82, 2.24) is 0 Å². The molecule has 19 heavy (non-hydrogen) atoms.